The van der Waals surface area contributed by atoms with Crippen LogP contribution in [-0.2, 0) is 6.54 Å². The minimum Gasteiger partial charge on any atom is -0.366 e. The van der Waals surface area contributed by atoms with Crippen LogP contribution in [0.25, 0.3) is 11.3 Å². The van der Waals surface area contributed by atoms with E-state index in [1.165, 1.54) is 12.1 Å². The van der Waals surface area contributed by atoms with Crippen molar-refractivity contribution >= 4 is 17.5 Å². The maximum Gasteiger partial charge on any atom is 0.269 e. The first kappa shape index (κ1) is 19.2. The van der Waals surface area contributed by atoms with Crippen molar-refractivity contribution in [1.29, 1.82) is 0 Å². The Hall–Kier alpha value is -3.55. The molecular formula is C20H22N6O2. The molecule has 0 aliphatic rings. The smallest absolute Gasteiger partial charge is 0.269 e. The van der Waals surface area contributed by atoms with E-state index in [4.69, 9.17) is 0 Å². The molecule has 2 aromatic heterocycles. The van der Waals surface area contributed by atoms with Crippen LogP contribution in [0, 0.1) is 10.1 Å². The number of pyridine rings is 1. The summed E-state index contributed by atoms with van der Waals surface area (Å²) in [6, 6.07) is 12.1. The summed E-state index contributed by atoms with van der Waals surface area (Å²) in [6.07, 6.45) is 3.47. The van der Waals surface area contributed by atoms with Crippen LogP contribution in [-0.4, -0.2) is 25.4 Å². The molecule has 0 spiro atoms. The molecule has 0 fully saturated rings. The van der Waals surface area contributed by atoms with Crippen LogP contribution in [0.15, 0.2) is 54.9 Å². The number of nitro groups is 1. The van der Waals surface area contributed by atoms with E-state index >= 15 is 0 Å². The Morgan fingerprint density at radius 3 is 2.46 bits per heavy atom. The molecule has 2 N–H and O–H groups in total. The van der Waals surface area contributed by atoms with Crippen LogP contribution in [0.1, 0.15) is 26.3 Å². The fraction of sp³-hybridized carbons (Fsp3) is 0.250. The highest BCUT2D eigenvalue weighted by molar-refractivity contribution is 5.63. The fourth-order valence-corrected chi connectivity index (χ4v) is 2.52. The quantitative estimate of drug-likeness (QED) is 0.487. The molecule has 0 bridgehead atoms. The molecule has 2 heterocycles. The van der Waals surface area contributed by atoms with E-state index in [2.05, 4.69) is 25.6 Å². The lowest BCUT2D eigenvalue weighted by molar-refractivity contribution is -0.384. The average Bonchev–Trinajstić information content (AvgIpc) is 2.66. The maximum absolute atomic E-state index is 10.8. The van der Waals surface area contributed by atoms with E-state index in [0.29, 0.717) is 18.3 Å². The summed E-state index contributed by atoms with van der Waals surface area (Å²) < 4.78 is 0. The van der Waals surface area contributed by atoms with Gasteiger partial charge in [0.05, 0.1) is 10.6 Å². The second-order valence-corrected chi connectivity index (χ2v) is 7.36. The van der Waals surface area contributed by atoms with Crippen molar-refractivity contribution in [1.82, 2.24) is 15.0 Å². The minimum atomic E-state index is -0.410. The molecule has 3 aromatic rings. The molecule has 8 heteroatoms. The largest absolute Gasteiger partial charge is 0.366 e. The summed E-state index contributed by atoms with van der Waals surface area (Å²) in [4.78, 5) is 23.7. The average molecular weight is 378 g/mol. The molecular weight excluding hydrogens is 356 g/mol. The van der Waals surface area contributed by atoms with Gasteiger partial charge >= 0.3 is 0 Å². The van der Waals surface area contributed by atoms with Crippen LogP contribution in [0.2, 0.25) is 0 Å². The molecule has 28 heavy (non-hydrogen) atoms. The second-order valence-electron chi connectivity index (χ2n) is 7.36. The van der Waals surface area contributed by atoms with Gasteiger partial charge in [-0.1, -0.05) is 12.1 Å². The summed E-state index contributed by atoms with van der Waals surface area (Å²) in [7, 11) is 0. The van der Waals surface area contributed by atoms with Crippen LogP contribution < -0.4 is 10.6 Å². The van der Waals surface area contributed by atoms with Gasteiger partial charge in [-0.3, -0.25) is 15.1 Å². The third-order valence-corrected chi connectivity index (χ3v) is 3.79. The standard InChI is InChI=1S/C20H22N6O2/c1-20(2,3)25-19-23-17(15-5-4-10-21-13-15)11-18(24-19)22-12-14-6-8-16(9-7-14)26(27)28/h4-11,13H,12H2,1-3H3,(H2,22,23,24,25). The number of rotatable bonds is 6. The van der Waals surface area contributed by atoms with Crippen LogP contribution >= 0.6 is 0 Å². The molecule has 0 radical (unpaired) electrons. The van der Waals surface area contributed by atoms with E-state index in [1.807, 2.05) is 39.0 Å². The van der Waals surface area contributed by atoms with E-state index in [0.717, 1.165) is 16.8 Å². The zero-order valence-corrected chi connectivity index (χ0v) is 16.0. The molecule has 3 rings (SSSR count). The van der Waals surface area contributed by atoms with Crippen molar-refractivity contribution in [3.05, 3.63) is 70.5 Å². The molecule has 0 saturated heterocycles. The lowest BCUT2D eigenvalue weighted by Crippen LogP contribution is -2.27. The third-order valence-electron chi connectivity index (χ3n) is 3.79. The molecule has 0 aliphatic heterocycles. The highest BCUT2D eigenvalue weighted by Gasteiger charge is 2.14. The van der Waals surface area contributed by atoms with Gasteiger partial charge in [0.25, 0.3) is 5.69 Å². The Balaban J connectivity index is 1.84. The molecule has 1 aromatic carbocycles. The summed E-state index contributed by atoms with van der Waals surface area (Å²) in [6.45, 7) is 6.60. The van der Waals surface area contributed by atoms with Crippen molar-refractivity contribution < 1.29 is 4.92 Å². The summed E-state index contributed by atoms with van der Waals surface area (Å²) in [5.74, 6) is 1.17. The molecule has 0 unspecified atom stereocenters. The van der Waals surface area contributed by atoms with E-state index < -0.39 is 4.92 Å². The zero-order chi connectivity index (χ0) is 20.1. The monoisotopic (exact) mass is 378 g/mol. The van der Waals surface area contributed by atoms with E-state index in [-0.39, 0.29) is 11.2 Å². The maximum atomic E-state index is 10.8. The van der Waals surface area contributed by atoms with Crippen molar-refractivity contribution in [3.63, 3.8) is 0 Å². The molecule has 144 valence electrons. The first-order valence-electron chi connectivity index (χ1n) is 8.85. The first-order valence-corrected chi connectivity index (χ1v) is 8.85. The highest BCUT2D eigenvalue weighted by atomic mass is 16.6. The topological polar surface area (TPSA) is 106 Å². The Kier molecular flexibility index (Phi) is 5.49. The molecule has 0 atom stereocenters. The minimum absolute atomic E-state index is 0.0707. The fourth-order valence-electron chi connectivity index (χ4n) is 2.52. The van der Waals surface area contributed by atoms with Gasteiger partial charge in [0, 0.05) is 48.2 Å². The van der Waals surface area contributed by atoms with Crippen LogP contribution in [0.4, 0.5) is 17.5 Å². The van der Waals surface area contributed by atoms with Crippen molar-refractivity contribution in [2.45, 2.75) is 32.9 Å². The number of hydrogen-bond acceptors (Lipinski definition) is 7. The molecule has 0 aliphatic carbocycles. The number of benzene rings is 1. The first-order chi connectivity index (χ1) is 13.3. The SMILES string of the molecule is CC(C)(C)Nc1nc(NCc2ccc([N+](=O)[O-])cc2)cc(-c2cccnc2)n1. The Labute approximate surface area is 163 Å². The summed E-state index contributed by atoms with van der Waals surface area (Å²) in [5.41, 5.74) is 2.43. The van der Waals surface area contributed by atoms with Gasteiger partial charge in [0.1, 0.15) is 5.82 Å². The van der Waals surface area contributed by atoms with Gasteiger partial charge in [-0.25, -0.2) is 4.98 Å². The molecule has 8 nitrogen and oxygen atoms in total. The predicted octanol–water partition coefficient (Wildman–Crippen LogP) is 4.27. The molecule has 0 saturated carbocycles. The lowest BCUT2D eigenvalue weighted by atomic mass is 10.1. The van der Waals surface area contributed by atoms with E-state index in [1.54, 1.807) is 24.5 Å². The highest BCUT2D eigenvalue weighted by Crippen LogP contribution is 2.23. The number of nitro benzene ring substituents is 1. The van der Waals surface area contributed by atoms with Crippen molar-refractivity contribution in [2.24, 2.45) is 0 Å². The van der Waals surface area contributed by atoms with Gasteiger partial charge in [-0.2, -0.15) is 4.98 Å². The number of nitrogens with zero attached hydrogens (tertiary/aromatic N) is 4. The zero-order valence-electron chi connectivity index (χ0n) is 16.0. The van der Waals surface area contributed by atoms with Crippen LogP contribution in [0.5, 0.6) is 0 Å². The number of aromatic nitrogens is 3. The number of anilines is 2. The van der Waals surface area contributed by atoms with E-state index in [9.17, 15) is 10.1 Å². The number of non-ortho nitro benzene ring substituents is 1. The Bertz CT molecular complexity index is 953. The van der Waals surface area contributed by atoms with Gasteiger partial charge in [0.15, 0.2) is 0 Å². The summed E-state index contributed by atoms with van der Waals surface area (Å²) >= 11 is 0. The predicted molar refractivity (Wildman–Crippen MR) is 109 cm³/mol. The number of nitrogens with one attached hydrogen (secondary N) is 2. The van der Waals surface area contributed by atoms with Gasteiger partial charge in [-0.05, 0) is 38.5 Å². The van der Waals surface area contributed by atoms with Crippen molar-refractivity contribution in [3.8, 4) is 11.3 Å². The molecule has 0 amide bonds. The van der Waals surface area contributed by atoms with Crippen LogP contribution in [0.3, 0.4) is 0 Å². The van der Waals surface area contributed by atoms with Gasteiger partial charge < -0.3 is 10.6 Å². The third kappa shape index (κ3) is 5.23. The summed E-state index contributed by atoms with van der Waals surface area (Å²) in [5, 5.41) is 17.3. The second kappa shape index (κ2) is 7.99. The Morgan fingerprint density at radius 1 is 1.11 bits per heavy atom. The Morgan fingerprint density at radius 2 is 1.86 bits per heavy atom. The normalized spacial score (nSPS) is 11.1. The van der Waals surface area contributed by atoms with Gasteiger partial charge in [-0.15, -0.1) is 0 Å². The number of hydrogen-bond donors (Lipinski definition) is 2. The lowest BCUT2D eigenvalue weighted by Gasteiger charge is -2.21. The van der Waals surface area contributed by atoms with Crippen molar-refractivity contribution in [2.75, 3.05) is 10.6 Å². The van der Waals surface area contributed by atoms with Gasteiger partial charge in [0.2, 0.25) is 5.95 Å².